The first-order chi connectivity index (χ1) is 3.18. The molecule has 0 saturated heterocycles. The van der Waals surface area contributed by atoms with Crippen LogP contribution in [0.4, 0.5) is 0 Å². The molecule has 0 rings (SSSR count). The molecule has 0 aromatic heterocycles. The first-order valence-electron chi connectivity index (χ1n) is 2.09. The average Bonchev–Trinajstić information content (AvgIpc) is 1.65. The van der Waals surface area contributed by atoms with Gasteiger partial charge in [0.15, 0.2) is 0 Å². The van der Waals surface area contributed by atoms with Gasteiger partial charge in [0.25, 0.3) is 0 Å². The Morgan fingerprint density at radius 2 is 2.29 bits per heavy atom. The predicted octanol–water partition coefficient (Wildman–Crippen LogP) is 0.630. The standard InChI is InChI=1S/C5H9O2/c1-4(2)5(6)7-3/h4H,1H2,2-3H3/t4-/m0/s1. The highest BCUT2D eigenvalue weighted by Crippen LogP contribution is 1.91. The van der Waals surface area contributed by atoms with E-state index < -0.39 is 0 Å². The van der Waals surface area contributed by atoms with Crippen molar-refractivity contribution in [2.24, 2.45) is 5.92 Å². The van der Waals surface area contributed by atoms with Crippen molar-refractivity contribution in [3.05, 3.63) is 6.92 Å². The van der Waals surface area contributed by atoms with Gasteiger partial charge in [0, 0.05) is 0 Å². The van der Waals surface area contributed by atoms with Crippen molar-refractivity contribution >= 4 is 5.97 Å². The first-order valence-corrected chi connectivity index (χ1v) is 2.09. The van der Waals surface area contributed by atoms with Crippen LogP contribution in [0.15, 0.2) is 0 Å². The second-order valence-electron chi connectivity index (χ2n) is 1.42. The number of ether oxygens (including phenoxy) is 1. The molecule has 0 bridgehead atoms. The van der Waals surface area contributed by atoms with E-state index >= 15 is 0 Å². The monoisotopic (exact) mass is 101 g/mol. The normalized spacial score (nSPS) is 9.14. The Labute approximate surface area is 43.5 Å². The van der Waals surface area contributed by atoms with E-state index in [4.69, 9.17) is 0 Å². The summed E-state index contributed by atoms with van der Waals surface area (Å²) >= 11 is 0. The maximum absolute atomic E-state index is 10.2. The molecule has 0 heterocycles. The Kier molecular flexibility index (Phi) is 2.41. The van der Waals surface area contributed by atoms with Gasteiger partial charge < -0.3 is 4.74 Å². The summed E-state index contributed by atoms with van der Waals surface area (Å²) < 4.78 is 4.31. The SMILES string of the molecule is [CH2][C@@H](C)C(=O)OC. The summed E-state index contributed by atoms with van der Waals surface area (Å²) in [6.07, 6.45) is 0. The molecular formula is C5H9O2. The van der Waals surface area contributed by atoms with Gasteiger partial charge in [-0.2, -0.15) is 0 Å². The third-order valence-corrected chi connectivity index (χ3v) is 0.604. The molecule has 0 amide bonds. The van der Waals surface area contributed by atoms with Crippen LogP contribution in [-0.2, 0) is 9.53 Å². The summed E-state index contributed by atoms with van der Waals surface area (Å²) in [7, 11) is 1.35. The van der Waals surface area contributed by atoms with Gasteiger partial charge in [0.1, 0.15) is 0 Å². The molecule has 0 unspecified atom stereocenters. The predicted molar refractivity (Wildman–Crippen MR) is 26.5 cm³/mol. The van der Waals surface area contributed by atoms with Gasteiger partial charge in [0.05, 0.1) is 13.0 Å². The van der Waals surface area contributed by atoms with Crippen molar-refractivity contribution in [3.8, 4) is 0 Å². The molecule has 2 heteroatoms. The molecule has 0 fully saturated rings. The van der Waals surface area contributed by atoms with Crippen LogP contribution in [-0.4, -0.2) is 13.1 Å². The van der Waals surface area contributed by atoms with E-state index in [2.05, 4.69) is 11.7 Å². The molecule has 0 aliphatic carbocycles. The molecular weight excluding hydrogens is 92.1 g/mol. The van der Waals surface area contributed by atoms with Crippen molar-refractivity contribution in [3.63, 3.8) is 0 Å². The van der Waals surface area contributed by atoms with Gasteiger partial charge >= 0.3 is 5.97 Å². The molecule has 0 spiro atoms. The van der Waals surface area contributed by atoms with Gasteiger partial charge in [-0.05, 0) is 6.92 Å². The van der Waals surface area contributed by atoms with Crippen LogP contribution >= 0.6 is 0 Å². The van der Waals surface area contributed by atoms with Crippen molar-refractivity contribution in [2.45, 2.75) is 6.92 Å². The summed E-state index contributed by atoms with van der Waals surface area (Å²) in [5.41, 5.74) is 0. The molecule has 0 aromatic carbocycles. The quantitative estimate of drug-likeness (QED) is 0.453. The van der Waals surface area contributed by atoms with Crippen molar-refractivity contribution in [2.75, 3.05) is 7.11 Å². The molecule has 0 aliphatic heterocycles. The van der Waals surface area contributed by atoms with Crippen molar-refractivity contribution < 1.29 is 9.53 Å². The largest absolute Gasteiger partial charge is 0.469 e. The van der Waals surface area contributed by atoms with Gasteiger partial charge in [-0.3, -0.25) is 4.79 Å². The molecule has 0 saturated carbocycles. The Hall–Kier alpha value is -0.530. The van der Waals surface area contributed by atoms with Crippen LogP contribution in [0, 0.1) is 12.8 Å². The van der Waals surface area contributed by atoms with Crippen molar-refractivity contribution in [1.82, 2.24) is 0 Å². The van der Waals surface area contributed by atoms with Crippen LogP contribution in [0.5, 0.6) is 0 Å². The fourth-order valence-corrected chi connectivity index (χ4v) is 0.201. The van der Waals surface area contributed by atoms with E-state index in [1.807, 2.05) is 0 Å². The minimum absolute atomic E-state index is 0.245. The summed E-state index contributed by atoms with van der Waals surface area (Å²) in [5.74, 6) is -0.509. The summed E-state index contributed by atoms with van der Waals surface area (Å²) in [5, 5.41) is 0. The molecule has 7 heavy (non-hydrogen) atoms. The topological polar surface area (TPSA) is 26.3 Å². The Bertz CT molecular complexity index is 66.5. The zero-order valence-electron chi connectivity index (χ0n) is 4.60. The third-order valence-electron chi connectivity index (χ3n) is 0.604. The molecule has 2 nitrogen and oxygen atoms in total. The number of carbonyl (C=O) groups is 1. The molecule has 0 aliphatic rings. The molecule has 0 N–H and O–H groups in total. The second kappa shape index (κ2) is 2.61. The maximum atomic E-state index is 10.2. The highest BCUT2D eigenvalue weighted by molar-refractivity contribution is 5.72. The van der Waals surface area contributed by atoms with Crippen molar-refractivity contribution in [1.29, 1.82) is 0 Å². The number of esters is 1. The molecule has 1 atom stereocenters. The van der Waals surface area contributed by atoms with E-state index in [0.717, 1.165) is 0 Å². The van der Waals surface area contributed by atoms with Gasteiger partial charge in [-0.25, -0.2) is 0 Å². The number of hydrogen-bond acceptors (Lipinski definition) is 2. The summed E-state index contributed by atoms with van der Waals surface area (Å²) in [6.45, 7) is 5.12. The van der Waals surface area contributed by atoms with E-state index in [1.54, 1.807) is 6.92 Å². The molecule has 0 aromatic rings. The van der Waals surface area contributed by atoms with E-state index in [0.29, 0.717) is 0 Å². The summed E-state index contributed by atoms with van der Waals surface area (Å²) in [4.78, 5) is 10.2. The maximum Gasteiger partial charge on any atom is 0.308 e. The molecule has 41 valence electrons. The van der Waals surface area contributed by atoms with Crippen LogP contribution in [0.1, 0.15) is 6.92 Å². The number of methoxy groups -OCH3 is 1. The lowest BCUT2D eigenvalue weighted by molar-refractivity contribution is -0.143. The number of carbonyl (C=O) groups excluding carboxylic acids is 1. The van der Waals surface area contributed by atoms with E-state index in [-0.39, 0.29) is 11.9 Å². The highest BCUT2D eigenvalue weighted by atomic mass is 16.5. The van der Waals surface area contributed by atoms with Gasteiger partial charge in [-0.1, -0.05) is 6.92 Å². The lowest BCUT2D eigenvalue weighted by atomic mass is 10.2. The van der Waals surface area contributed by atoms with Gasteiger partial charge in [-0.15, -0.1) is 0 Å². The minimum atomic E-state index is -0.264. The zero-order chi connectivity index (χ0) is 5.86. The lowest BCUT2D eigenvalue weighted by Crippen LogP contribution is -2.08. The third kappa shape index (κ3) is 2.20. The van der Waals surface area contributed by atoms with Gasteiger partial charge in [0.2, 0.25) is 0 Å². The smallest absolute Gasteiger partial charge is 0.308 e. The average molecular weight is 101 g/mol. The second-order valence-corrected chi connectivity index (χ2v) is 1.42. The Balaban J connectivity index is 3.35. The first kappa shape index (κ1) is 6.47. The minimum Gasteiger partial charge on any atom is -0.469 e. The lowest BCUT2D eigenvalue weighted by Gasteiger charge is -1.97. The fraction of sp³-hybridized carbons (Fsp3) is 0.600. The van der Waals surface area contributed by atoms with E-state index in [1.165, 1.54) is 7.11 Å². The number of hydrogen-bond donors (Lipinski definition) is 0. The van der Waals surface area contributed by atoms with Crippen LogP contribution < -0.4 is 0 Å². The molecule has 1 radical (unpaired) electrons. The van der Waals surface area contributed by atoms with Crippen LogP contribution in [0.3, 0.4) is 0 Å². The van der Waals surface area contributed by atoms with Crippen LogP contribution in [0.25, 0.3) is 0 Å². The summed E-state index contributed by atoms with van der Waals surface area (Å²) in [6, 6.07) is 0. The Morgan fingerprint density at radius 3 is 2.29 bits per heavy atom. The highest BCUT2D eigenvalue weighted by Gasteiger charge is 2.03. The van der Waals surface area contributed by atoms with Crippen LogP contribution in [0.2, 0.25) is 0 Å². The van der Waals surface area contributed by atoms with E-state index in [9.17, 15) is 4.79 Å². The fourth-order valence-electron chi connectivity index (χ4n) is 0.201. The number of rotatable bonds is 1. The zero-order valence-corrected chi connectivity index (χ0v) is 4.60. The Morgan fingerprint density at radius 1 is 1.86 bits per heavy atom.